The topological polar surface area (TPSA) is 36.4 Å². The Morgan fingerprint density at radius 1 is 1.53 bits per heavy atom. The van der Waals surface area contributed by atoms with Crippen LogP contribution < -0.4 is 10.6 Å². The second-order valence-electron chi connectivity index (χ2n) is 4.68. The van der Waals surface area contributed by atoms with Gasteiger partial charge in [0.2, 0.25) is 0 Å². The lowest BCUT2D eigenvalue weighted by Crippen LogP contribution is -2.39. The molecule has 0 saturated heterocycles. The molecule has 0 aromatic carbocycles. The zero-order valence-corrected chi connectivity index (χ0v) is 16.6. The van der Waals surface area contributed by atoms with Crippen LogP contribution in [0.2, 0.25) is 0 Å². The summed E-state index contributed by atoms with van der Waals surface area (Å²) < 4.78 is 1.35. The fourth-order valence-corrected chi connectivity index (χ4v) is 3.53. The Morgan fingerprint density at radius 2 is 2.26 bits per heavy atom. The molecule has 1 aromatic heterocycles. The Labute approximate surface area is 150 Å². The molecule has 0 amide bonds. The van der Waals surface area contributed by atoms with Crippen LogP contribution in [-0.4, -0.2) is 25.1 Å². The zero-order valence-electron chi connectivity index (χ0n) is 11.3. The number of aliphatic imine (C=N–C) groups is 1. The van der Waals surface area contributed by atoms with E-state index in [1.807, 2.05) is 11.3 Å². The molecule has 0 bridgehead atoms. The highest BCUT2D eigenvalue weighted by molar-refractivity contribution is 14.1. The smallest absolute Gasteiger partial charge is 0.191 e. The Morgan fingerprint density at radius 3 is 2.79 bits per heavy atom. The van der Waals surface area contributed by atoms with Gasteiger partial charge in [-0.3, -0.25) is 4.99 Å². The molecule has 0 radical (unpaired) electrons. The third-order valence-electron chi connectivity index (χ3n) is 3.03. The van der Waals surface area contributed by atoms with Gasteiger partial charge in [-0.2, -0.15) is 0 Å². The highest BCUT2D eigenvalue weighted by Gasteiger charge is 2.33. The molecule has 6 heteroatoms. The van der Waals surface area contributed by atoms with Gasteiger partial charge in [-0.25, -0.2) is 0 Å². The van der Waals surface area contributed by atoms with Gasteiger partial charge in [0.15, 0.2) is 5.96 Å². The Balaban J connectivity index is 0.00000180. The molecule has 0 spiro atoms. The minimum atomic E-state index is 0. The number of thiophene rings is 1. The Bertz CT molecular complexity index is 420. The minimum Gasteiger partial charge on any atom is -0.357 e. The Hall–Kier alpha value is 0.430. The van der Waals surface area contributed by atoms with Gasteiger partial charge in [0, 0.05) is 30.4 Å². The van der Waals surface area contributed by atoms with Gasteiger partial charge < -0.3 is 10.6 Å². The van der Waals surface area contributed by atoms with E-state index in [4.69, 9.17) is 0 Å². The van der Waals surface area contributed by atoms with Gasteiger partial charge in [0.25, 0.3) is 0 Å². The maximum atomic E-state index is 4.63. The number of nitrogens with one attached hydrogen (secondary N) is 2. The van der Waals surface area contributed by atoms with Crippen molar-refractivity contribution in [1.29, 1.82) is 0 Å². The van der Waals surface area contributed by atoms with E-state index in [2.05, 4.69) is 64.2 Å². The standard InChI is InChI=1S/C13H20IN3S.HI/c1-3-15-13(17-11-8-9(11)2)16-7-6-10-4-5-12(14)18-10;/h4-5,9,11H,3,6-8H2,1-2H3,(H2,15,16,17);1H. The van der Waals surface area contributed by atoms with Crippen molar-refractivity contribution < 1.29 is 0 Å². The first-order valence-corrected chi connectivity index (χ1v) is 8.37. The summed E-state index contributed by atoms with van der Waals surface area (Å²) in [5.74, 6) is 1.77. The van der Waals surface area contributed by atoms with Crippen LogP contribution in [0.15, 0.2) is 17.1 Å². The monoisotopic (exact) mass is 505 g/mol. The molecule has 3 nitrogen and oxygen atoms in total. The summed E-state index contributed by atoms with van der Waals surface area (Å²) in [5.41, 5.74) is 0. The number of guanidine groups is 1. The molecule has 1 aliphatic rings. The SMILES string of the molecule is CCNC(=NCCc1ccc(I)s1)NC1CC1C.I. The number of halogens is 2. The lowest BCUT2D eigenvalue weighted by atomic mass is 10.3. The molecule has 2 atom stereocenters. The second-order valence-corrected chi connectivity index (χ2v) is 7.74. The average Bonchev–Trinajstić information content (AvgIpc) is 2.85. The molecule has 1 fully saturated rings. The van der Waals surface area contributed by atoms with Crippen LogP contribution in [-0.2, 0) is 6.42 Å². The van der Waals surface area contributed by atoms with Crippen LogP contribution in [0.25, 0.3) is 0 Å². The molecular weight excluding hydrogens is 484 g/mol. The van der Waals surface area contributed by atoms with E-state index in [1.165, 1.54) is 14.2 Å². The van der Waals surface area contributed by atoms with Crippen molar-refractivity contribution in [2.24, 2.45) is 10.9 Å². The number of hydrogen-bond donors (Lipinski definition) is 2. The predicted molar refractivity (Wildman–Crippen MR) is 103 cm³/mol. The first-order chi connectivity index (χ1) is 8.69. The van der Waals surface area contributed by atoms with Gasteiger partial charge in [-0.15, -0.1) is 35.3 Å². The molecule has 1 aliphatic carbocycles. The molecule has 2 N–H and O–H groups in total. The van der Waals surface area contributed by atoms with E-state index in [0.717, 1.165) is 31.4 Å². The molecule has 1 aromatic rings. The summed E-state index contributed by atoms with van der Waals surface area (Å²) in [6.45, 7) is 6.15. The summed E-state index contributed by atoms with van der Waals surface area (Å²) in [6, 6.07) is 5.00. The molecule has 1 saturated carbocycles. The average molecular weight is 505 g/mol. The fourth-order valence-electron chi connectivity index (χ4n) is 1.78. The van der Waals surface area contributed by atoms with Gasteiger partial charge in [0.1, 0.15) is 0 Å². The van der Waals surface area contributed by atoms with Crippen LogP contribution in [0.1, 0.15) is 25.1 Å². The van der Waals surface area contributed by atoms with Crippen molar-refractivity contribution in [2.75, 3.05) is 13.1 Å². The summed E-state index contributed by atoms with van der Waals surface area (Å²) in [6.07, 6.45) is 2.30. The van der Waals surface area contributed by atoms with Crippen molar-refractivity contribution in [2.45, 2.75) is 32.7 Å². The normalized spacial score (nSPS) is 21.7. The summed E-state index contributed by atoms with van der Waals surface area (Å²) in [4.78, 5) is 6.05. The zero-order chi connectivity index (χ0) is 13.0. The van der Waals surface area contributed by atoms with E-state index >= 15 is 0 Å². The van der Waals surface area contributed by atoms with Crippen molar-refractivity contribution in [3.05, 3.63) is 19.9 Å². The summed E-state index contributed by atoms with van der Waals surface area (Å²) in [5, 5.41) is 6.78. The first kappa shape index (κ1) is 17.5. The van der Waals surface area contributed by atoms with Gasteiger partial charge in [0.05, 0.1) is 2.88 Å². The summed E-state index contributed by atoms with van der Waals surface area (Å²) >= 11 is 4.22. The van der Waals surface area contributed by atoms with Crippen molar-refractivity contribution in [3.8, 4) is 0 Å². The van der Waals surface area contributed by atoms with E-state index in [9.17, 15) is 0 Å². The van der Waals surface area contributed by atoms with Gasteiger partial charge in [-0.05, 0) is 54.0 Å². The number of rotatable bonds is 5. The van der Waals surface area contributed by atoms with E-state index in [1.54, 1.807) is 0 Å². The maximum Gasteiger partial charge on any atom is 0.191 e. The van der Waals surface area contributed by atoms with Gasteiger partial charge >= 0.3 is 0 Å². The minimum absolute atomic E-state index is 0. The van der Waals surface area contributed by atoms with E-state index < -0.39 is 0 Å². The van der Waals surface area contributed by atoms with Crippen molar-refractivity contribution in [1.82, 2.24) is 10.6 Å². The third-order valence-corrected chi connectivity index (χ3v) is 4.99. The molecule has 0 aliphatic heterocycles. The Kier molecular flexibility index (Phi) is 7.97. The molecule has 19 heavy (non-hydrogen) atoms. The van der Waals surface area contributed by atoms with Crippen molar-refractivity contribution in [3.63, 3.8) is 0 Å². The number of nitrogens with zero attached hydrogens (tertiary/aromatic N) is 1. The van der Waals surface area contributed by atoms with Crippen LogP contribution in [0, 0.1) is 8.80 Å². The van der Waals surface area contributed by atoms with E-state index in [-0.39, 0.29) is 24.0 Å². The van der Waals surface area contributed by atoms with Crippen LogP contribution in [0.4, 0.5) is 0 Å². The third kappa shape index (κ3) is 6.16. The van der Waals surface area contributed by atoms with Crippen molar-refractivity contribution >= 4 is 63.9 Å². The quantitative estimate of drug-likeness (QED) is 0.366. The van der Waals surface area contributed by atoms with Gasteiger partial charge in [-0.1, -0.05) is 6.92 Å². The van der Waals surface area contributed by atoms with Crippen LogP contribution >= 0.6 is 57.9 Å². The lowest BCUT2D eigenvalue weighted by molar-refractivity contribution is 0.765. The first-order valence-electron chi connectivity index (χ1n) is 6.48. The predicted octanol–water partition coefficient (Wildman–Crippen LogP) is 3.48. The highest BCUT2D eigenvalue weighted by Crippen LogP contribution is 2.28. The maximum absolute atomic E-state index is 4.63. The fraction of sp³-hybridized carbons (Fsp3) is 0.615. The molecule has 2 rings (SSSR count). The molecule has 108 valence electrons. The highest BCUT2D eigenvalue weighted by atomic mass is 127. The van der Waals surface area contributed by atoms with E-state index in [0.29, 0.717) is 6.04 Å². The molecule has 2 unspecified atom stereocenters. The number of hydrogen-bond acceptors (Lipinski definition) is 2. The molecule has 1 heterocycles. The lowest BCUT2D eigenvalue weighted by Gasteiger charge is -2.10. The second kappa shape index (κ2) is 8.66. The molecular formula is C13H21I2N3S. The van der Waals surface area contributed by atoms with Crippen LogP contribution in [0.3, 0.4) is 0 Å². The van der Waals surface area contributed by atoms with Crippen LogP contribution in [0.5, 0.6) is 0 Å². The summed E-state index contributed by atoms with van der Waals surface area (Å²) in [7, 11) is 0. The largest absolute Gasteiger partial charge is 0.357 e.